The lowest BCUT2D eigenvalue weighted by molar-refractivity contribution is 0.0651. The summed E-state index contributed by atoms with van der Waals surface area (Å²) in [7, 11) is 0. The number of hydrogen-bond acceptors (Lipinski definition) is 4. The van der Waals surface area contributed by atoms with Crippen molar-refractivity contribution >= 4 is 35.1 Å². The van der Waals surface area contributed by atoms with Crippen LogP contribution in [0, 0.1) is 0 Å². The number of nitrogens with one attached hydrogen (secondary N) is 1. The van der Waals surface area contributed by atoms with E-state index in [9.17, 15) is 9.59 Å². The second-order valence-corrected chi connectivity index (χ2v) is 4.97. The van der Waals surface area contributed by atoms with Gasteiger partial charge in [0.25, 0.3) is 5.91 Å². The average molecular weight is 329 g/mol. The van der Waals surface area contributed by atoms with Crippen molar-refractivity contribution in [2.75, 3.05) is 6.54 Å². The van der Waals surface area contributed by atoms with Crippen LogP contribution in [0.1, 0.15) is 26.6 Å². The number of carboxylic acid groups (broad SMARTS) is 1. The first-order valence-corrected chi connectivity index (χ1v) is 6.65. The Morgan fingerprint density at radius 1 is 1.29 bits per heavy atom. The number of carbonyl (C=O) groups excluding carboxylic acids is 1. The summed E-state index contributed by atoms with van der Waals surface area (Å²) in [5.74, 6) is -2.19. The summed E-state index contributed by atoms with van der Waals surface area (Å²) in [6, 6.07) is 6.17. The first kappa shape index (κ1) is 15.3. The Balaban J connectivity index is 1.90. The average Bonchev–Trinajstić information content (AvgIpc) is 2.91. The van der Waals surface area contributed by atoms with Gasteiger partial charge in [-0.2, -0.15) is 0 Å². The van der Waals surface area contributed by atoms with E-state index in [4.69, 9.17) is 28.3 Å². The Morgan fingerprint density at radius 3 is 2.67 bits per heavy atom. The third kappa shape index (κ3) is 3.96. The van der Waals surface area contributed by atoms with E-state index in [1.165, 1.54) is 0 Å². The molecule has 2 N–H and O–H groups in total. The third-order valence-electron chi connectivity index (χ3n) is 2.65. The van der Waals surface area contributed by atoms with Crippen molar-refractivity contribution in [1.82, 2.24) is 10.5 Å². The zero-order valence-electron chi connectivity index (χ0n) is 10.6. The van der Waals surface area contributed by atoms with Crippen LogP contribution in [-0.2, 0) is 6.42 Å². The maximum Gasteiger partial charge on any atom is 0.374 e. The molecule has 110 valence electrons. The summed E-state index contributed by atoms with van der Waals surface area (Å²) in [6.07, 6.45) is 0.505. The molecule has 1 aromatic carbocycles. The number of hydrogen-bond donors (Lipinski definition) is 2. The molecule has 6 nitrogen and oxygen atoms in total. The number of aromatic nitrogens is 1. The van der Waals surface area contributed by atoms with Crippen molar-refractivity contribution in [2.45, 2.75) is 6.42 Å². The van der Waals surface area contributed by atoms with Crippen LogP contribution in [0.2, 0.25) is 10.0 Å². The number of rotatable bonds is 5. The predicted molar refractivity (Wildman–Crippen MR) is 76.0 cm³/mol. The van der Waals surface area contributed by atoms with E-state index < -0.39 is 11.9 Å². The zero-order chi connectivity index (χ0) is 15.4. The van der Waals surface area contributed by atoms with E-state index in [0.717, 1.165) is 11.6 Å². The van der Waals surface area contributed by atoms with Crippen LogP contribution in [0.5, 0.6) is 0 Å². The van der Waals surface area contributed by atoms with E-state index in [2.05, 4.69) is 15.0 Å². The highest BCUT2D eigenvalue weighted by atomic mass is 35.5. The number of carboxylic acids is 1. The maximum absolute atomic E-state index is 11.7. The largest absolute Gasteiger partial charge is 0.475 e. The van der Waals surface area contributed by atoms with Gasteiger partial charge in [0.05, 0.1) is 0 Å². The Morgan fingerprint density at radius 2 is 2.05 bits per heavy atom. The van der Waals surface area contributed by atoms with E-state index >= 15 is 0 Å². The van der Waals surface area contributed by atoms with Gasteiger partial charge in [0.1, 0.15) is 0 Å². The molecule has 0 saturated carbocycles. The minimum Gasteiger partial charge on any atom is -0.475 e. The van der Waals surface area contributed by atoms with Gasteiger partial charge in [-0.3, -0.25) is 4.79 Å². The highest BCUT2D eigenvalue weighted by Crippen LogP contribution is 2.21. The Hall–Kier alpha value is -2.05. The number of amides is 1. The number of aromatic carboxylic acids is 1. The smallest absolute Gasteiger partial charge is 0.374 e. The second-order valence-electron chi connectivity index (χ2n) is 4.12. The molecule has 0 bridgehead atoms. The Labute approximate surface area is 129 Å². The molecule has 2 rings (SSSR count). The van der Waals surface area contributed by atoms with E-state index in [1.807, 2.05) is 0 Å². The number of nitrogens with zero attached hydrogens (tertiary/aromatic N) is 1. The number of benzene rings is 1. The fourth-order valence-corrected chi connectivity index (χ4v) is 2.11. The molecule has 0 fully saturated rings. The van der Waals surface area contributed by atoms with Gasteiger partial charge in [-0.1, -0.05) is 34.4 Å². The van der Waals surface area contributed by atoms with E-state index in [1.54, 1.807) is 18.2 Å². The van der Waals surface area contributed by atoms with Crippen molar-refractivity contribution in [3.8, 4) is 0 Å². The van der Waals surface area contributed by atoms with Crippen molar-refractivity contribution in [3.05, 3.63) is 51.3 Å². The van der Waals surface area contributed by atoms with Crippen molar-refractivity contribution in [1.29, 1.82) is 0 Å². The molecule has 8 heteroatoms. The highest BCUT2D eigenvalue weighted by molar-refractivity contribution is 6.35. The first-order chi connectivity index (χ1) is 9.97. The van der Waals surface area contributed by atoms with Gasteiger partial charge in [0, 0.05) is 22.7 Å². The zero-order valence-corrected chi connectivity index (χ0v) is 12.1. The second kappa shape index (κ2) is 6.60. The number of halogens is 2. The molecule has 0 aliphatic rings. The fraction of sp³-hybridized carbons (Fsp3) is 0.154. The lowest BCUT2D eigenvalue weighted by atomic mass is 10.1. The molecule has 0 aliphatic carbocycles. The quantitative estimate of drug-likeness (QED) is 0.880. The van der Waals surface area contributed by atoms with Crippen molar-refractivity contribution in [2.24, 2.45) is 0 Å². The molecule has 1 heterocycles. The lowest BCUT2D eigenvalue weighted by Gasteiger charge is -2.05. The van der Waals surface area contributed by atoms with Crippen LogP contribution in [0.15, 0.2) is 28.8 Å². The summed E-state index contributed by atoms with van der Waals surface area (Å²) in [5, 5.41) is 15.7. The van der Waals surface area contributed by atoms with Crippen LogP contribution in [0.25, 0.3) is 0 Å². The molecule has 0 spiro atoms. The molecule has 2 aromatic rings. The summed E-state index contributed by atoms with van der Waals surface area (Å²) < 4.78 is 4.50. The van der Waals surface area contributed by atoms with Gasteiger partial charge < -0.3 is 14.9 Å². The highest BCUT2D eigenvalue weighted by Gasteiger charge is 2.16. The predicted octanol–water partition coefficient (Wildman–Crippen LogP) is 2.65. The van der Waals surface area contributed by atoms with Gasteiger partial charge >= 0.3 is 5.97 Å². The van der Waals surface area contributed by atoms with Crippen LogP contribution in [-0.4, -0.2) is 28.7 Å². The fourth-order valence-electron chi connectivity index (χ4n) is 1.61. The monoisotopic (exact) mass is 328 g/mol. The molecule has 0 aliphatic heterocycles. The van der Waals surface area contributed by atoms with Gasteiger partial charge in [0.15, 0.2) is 5.69 Å². The molecule has 0 radical (unpaired) electrons. The Bertz CT molecular complexity index is 685. The molecule has 21 heavy (non-hydrogen) atoms. The summed E-state index contributed by atoms with van der Waals surface area (Å²) in [5.41, 5.74) is 0.752. The van der Waals surface area contributed by atoms with Crippen LogP contribution < -0.4 is 5.32 Å². The summed E-state index contributed by atoms with van der Waals surface area (Å²) >= 11 is 11.8. The molecular formula is C13H10Cl2N2O4. The molecular weight excluding hydrogens is 319 g/mol. The third-order valence-corrected chi connectivity index (χ3v) is 3.24. The maximum atomic E-state index is 11.7. The Kier molecular flexibility index (Phi) is 4.82. The SMILES string of the molecule is O=C(NCCc1ccc(Cl)cc1Cl)c1cc(C(=O)O)on1. The molecule has 1 aromatic heterocycles. The van der Waals surface area contributed by atoms with Crippen molar-refractivity contribution < 1.29 is 19.2 Å². The van der Waals surface area contributed by atoms with Gasteiger partial charge in [-0.15, -0.1) is 0 Å². The van der Waals surface area contributed by atoms with Gasteiger partial charge in [0.2, 0.25) is 5.76 Å². The van der Waals surface area contributed by atoms with E-state index in [-0.39, 0.29) is 11.5 Å². The summed E-state index contributed by atoms with van der Waals surface area (Å²) in [4.78, 5) is 22.3. The number of carbonyl (C=O) groups is 2. The van der Waals surface area contributed by atoms with Crippen LogP contribution in [0.3, 0.4) is 0 Å². The summed E-state index contributed by atoms with van der Waals surface area (Å²) in [6.45, 7) is 0.315. The molecule has 0 unspecified atom stereocenters. The lowest BCUT2D eigenvalue weighted by Crippen LogP contribution is -2.26. The van der Waals surface area contributed by atoms with Crippen LogP contribution in [0.4, 0.5) is 0 Å². The standard InChI is InChI=1S/C13H10Cl2N2O4/c14-8-2-1-7(9(15)5-8)3-4-16-12(18)10-6-11(13(19)20)21-17-10/h1-2,5-6H,3-4H2,(H,16,18)(H,19,20). The first-order valence-electron chi connectivity index (χ1n) is 5.89. The minimum atomic E-state index is -1.28. The van der Waals surface area contributed by atoms with E-state index in [0.29, 0.717) is 23.0 Å². The minimum absolute atomic E-state index is 0.0883. The van der Waals surface area contributed by atoms with Gasteiger partial charge in [-0.25, -0.2) is 4.79 Å². The van der Waals surface area contributed by atoms with Gasteiger partial charge in [-0.05, 0) is 24.1 Å². The van der Waals surface area contributed by atoms with Crippen molar-refractivity contribution in [3.63, 3.8) is 0 Å². The normalized spacial score (nSPS) is 10.4. The molecule has 0 saturated heterocycles. The molecule has 1 amide bonds. The topological polar surface area (TPSA) is 92.4 Å². The van der Waals surface area contributed by atoms with Crippen LogP contribution >= 0.6 is 23.2 Å². The molecule has 0 atom stereocenters.